The predicted octanol–water partition coefficient (Wildman–Crippen LogP) is 3.71. The molecule has 0 aliphatic carbocycles. The number of unbranched alkanes of at least 4 members (excludes halogenated alkanes) is 3. The third-order valence-corrected chi connectivity index (χ3v) is 4.00. The Bertz CT molecular complexity index is 543. The van der Waals surface area contributed by atoms with Crippen LogP contribution >= 0.6 is 11.3 Å². The van der Waals surface area contributed by atoms with Crippen LogP contribution in [0.3, 0.4) is 0 Å². The van der Waals surface area contributed by atoms with Gasteiger partial charge in [-0.3, -0.25) is 5.43 Å². The van der Waals surface area contributed by atoms with Crippen molar-refractivity contribution in [2.45, 2.75) is 52.1 Å². The summed E-state index contributed by atoms with van der Waals surface area (Å²) in [4.78, 5) is 9.50. The molecule has 0 radical (unpaired) electrons. The van der Waals surface area contributed by atoms with E-state index in [1.807, 2.05) is 11.4 Å². The second-order valence-electron chi connectivity index (χ2n) is 4.91. The highest BCUT2D eigenvalue weighted by atomic mass is 32.1. The Balaban J connectivity index is 2.02. The van der Waals surface area contributed by atoms with Gasteiger partial charge in [0.2, 0.25) is 11.8 Å². The summed E-state index contributed by atoms with van der Waals surface area (Å²) in [7, 11) is 0. The molecule has 2 heterocycles. The number of hydrogen-bond donors (Lipinski definition) is 2. The molecule has 2 rings (SSSR count). The normalized spacial score (nSPS) is 12.6. The van der Waals surface area contributed by atoms with Gasteiger partial charge in [-0.25, -0.2) is 10.8 Å². The molecule has 0 saturated heterocycles. The van der Waals surface area contributed by atoms with Crippen molar-refractivity contribution in [3.05, 3.63) is 11.4 Å². The maximum Gasteiger partial charge on any atom is 0.241 e. The number of fused-ring (bicyclic) bond motifs is 1. The van der Waals surface area contributed by atoms with Crippen molar-refractivity contribution in [1.82, 2.24) is 9.97 Å². The lowest BCUT2D eigenvalue weighted by molar-refractivity contribution is 0.201. The first-order valence-corrected chi connectivity index (χ1v) is 8.01. The number of rotatable bonds is 8. The molecule has 0 fully saturated rings. The van der Waals surface area contributed by atoms with Crippen LogP contribution in [0.5, 0.6) is 5.88 Å². The smallest absolute Gasteiger partial charge is 0.241 e. The molecule has 0 spiro atoms. The van der Waals surface area contributed by atoms with Gasteiger partial charge in [0.05, 0.1) is 11.5 Å². The lowest BCUT2D eigenvalue weighted by Gasteiger charge is -2.15. The summed E-state index contributed by atoms with van der Waals surface area (Å²) in [5, 5.41) is 2.94. The molecule has 1 atom stereocenters. The molecular formula is C14H22N4OS. The number of anilines is 1. The molecule has 0 saturated carbocycles. The molecule has 2 aromatic heterocycles. The quantitative estimate of drug-likeness (QED) is 0.441. The van der Waals surface area contributed by atoms with Gasteiger partial charge in [0.25, 0.3) is 0 Å². The number of thiophene rings is 1. The SMILES string of the molecule is CCCCCCC(C)Oc1nc(NN)nc2sccc12. The van der Waals surface area contributed by atoms with Crippen LogP contribution in [0.4, 0.5) is 5.95 Å². The lowest BCUT2D eigenvalue weighted by Crippen LogP contribution is -2.15. The van der Waals surface area contributed by atoms with Crippen molar-refractivity contribution in [2.24, 2.45) is 5.84 Å². The first-order chi connectivity index (χ1) is 9.74. The highest BCUT2D eigenvalue weighted by Crippen LogP contribution is 2.29. The Morgan fingerprint density at radius 2 is 2.20 bits per heavy atom. The molecular weight excluding hydrogens is 272 g/mol. The fourth-order valence-corrected chi connectivity index (χ4v) is 2.85. The molecule has 110 valence electrons. The summed E-state index contributed by atoms with van der Waals surface area (Å²) < 4.78 is 5.97. The fourth-order valence-electron chi connectivity index (χ4n) is 2.09. The molecule has 0 aliphatic heterocycles. The Hall–Kier alpha value is -1.40. The van der Waals surface area contributed by atoms with Gasteiger partial charge in [-0.05, 0) is 31.2 Å². The highest BCUT2D eigenvalue weighted by Gasteiger charge is 2.12. The van der Waals surface area contributed by atoms with Gasteiger partial charge in [-0.15, -0.1) is 11.3 Å². The van der Waals surface area contributed by atoms with Crippen molar-refractivity contribution in [2.75, 3.05) is 5.43 Å². The average molecular weight is 294 g/mol. The zero-order valence-electron chi connectivity index (χ0n) is 12.1. The molecule has 0 amide bonds. The standard InChI is InChI=1S/C14H22N4OS/c1-3-4-5-6-7-10(2)19-12-11-8-9-20-13(11)17-14(16-12)18-15/h8-10H,3-7,15H2,1-2H3,(H,16,17,18). The number of nitrogens with zero attached hydrogens (tertiary/aromatic N) is 2. The molecule has 0 aromatic carbocycles. The van der Waals surface area contributed by atoms with Crippen LogP contribution in [-0.4, -0.2) is 16.1 Å². The summed E-state index contributed by atoms with van der Waals surface area (Å²) in [6, 6.07) is 1.99. The third-order valence-electron chi connectivity index (χ3n) is 3.20. The molecule has 6 heteroatoms. The van der Waals surface area contributed by atoms with E-state index in [0.29, 0.717) is 11.8 Å². The van der Waals surface area contributed by atoms with Gasteiger partial charge in [0, 0.05) is 0 Å². The van der Waals surface area contributed by atoms with Crippen LogP contribution in [-0.2, 0) is 0 Å². The Kier molecular flexibility index (Phi) is 5.55. The first kappa shape index (κ1) is 15.0. The minimum atomic E-state index is 0.149. The minimum Gasteiger partial charge on any atom is -0.474 e. The number of nitrogens with two attached hydrogens (primary N) is 1. The van der Waals surface area contributed by atoms with Crippen molar-refractivity contribution in [3.8, 4) is 5.88 Å². The second kappa shape index (κ2) is 7.40. The lowest BCUT2D eigenvalue weighted by atomic mass is 10.1. The fraction of sp³-hybridized carbons (Fsp3) is 0.571. The number of hydrazine groups is 1. The van der Waals surface area contributed by atoms with Gasteiger partial charge < -0.3 is 4.74 Å². The largest absolute Gasteiger partial charge is 0.474 e. The van der Waals surface area contributed by atoms with E-state index in [2.05, 4.69) is 29.2 Å². The summed E-state index contributed by atoms with van der Waals surface area (Å²) in [5.41, 5.74) is 2.49. The van der Waals surface area contributed by atoms with E-state index in [9.17, 15) is 0 Å². The molecule has 20 heavy (non-hydrogen) atoms. The molecule has 3 N–H and O–H groups in total. The van der Waals surface area contributed by atoms with Crippen LogP contribution in [0.25, 0.3) is 10.2 Å². The van der Waals surface area contributed by atoms with Gasteiger partial charge >= 0.3 is 0 Å². The number of hydrogen-bond acceptors (Lipinski definition) is 6. The maximum absolute atomic E-state index is 5.97. The first-order valence-electron chi connectivity index (χ1n) is 7.13. The Morgan fingerprint density at radius 3 is 2.95 bits per heavy atom. The number of nitrogen functional groups attached to an aromatic ring is 1. The van der Waals surface area contributed by atoms with E-state index in [-0.39, 0.29) is 6.10 Å². The van der Waals surface area contributed by atoms with E-state index >= 15 is 0 Å². The van der Waals surface area contributed by atoms with Gasteiger partial charge in [0.1, 0.15) is 4.83 Å². The highest BCUT2D eigenvalue weighted by molar-refractivity contribution is 7.16. The van der Waals surface area contributed by atoms with Crippen LogP contribution in [0.2, 0.25) is 0 Å². The van der Waals surface area contributed by atoms with Gasteiger partial charge in [0.15, 0.2) is 0 Å². The van der Waals surface area contributed by atoms with E-state index in [1.165, 1.54) is 25.7 Å². The molecule has 1 unspecified atom stereocenters. The van der Waals surface area contributed by atoms with Crippen LogP contribution in [0.1, 0.15) is 46.0 Å². The van der Waals surface area contributed by atoms with Crippen molar-refractivity contribution in [3.63, 3.8) is 0 Å². The van der Waals surface area contributed by atoms with Crippen molar-refractivity contribution >= 4 is 27.5 Å². The maximum atomic E-state index is 5.97. The Morgan fingerprint density at radius 1 is 1.35 bits per heavy atom. The second-order valence-corrected chi connectivity index (χ2v) is 5.81. The number of aromatic nitrogens is 2. The third kappa shape index (κ3) is 3.80. The van der Waals surface area contributed by atoms with E-state index in [0.717, 1.165) is 16.6 Å². The summed E-state index contributed by atoms with van der Waals surface area (Å²) >= 11 is 1.56. The molecule has 2 aromatic rings. The zero-order valence-corrected chi connectivity index (χ0v) is 12.9. The van der Waals surface area contributed by atoms with Gasteiger partial charge in [-0.1, -0.05) is 26.2 Å². The number of ether oxygens (including phenoxy) is 1. The van der Waals surface area contributed by atoms with Gasteiger partial charge in [-0.2, -0.15) is 4.98 Å². The topological polar surface area (TPSA) is 73.1 Å². The number of nitrogens with one attached hydrogen (secondary N) is 1. The predicted molar refractivity (Wildman–Crippen MR) is 84.1 cm³/mol. The van der Waals surface area contributed by atoms with Crippen LogP contribution in [0, 0.1) is 0 Å². The van der Waals surface area contributed by atoms with E-state index < -0.39 is 0 Å². The zero-order chi connectivity index (χ0) is 14.4. The van der Waals surface area contributed by atoms with Crippen LogP contribution in [0.15, 0.2) is 11.4 Å². The average Bonchev–Trinajstić information content (AvgIpc) is 2.92. The monoisotopic (exact) mass is 294 g/mol. The molecule has 0 aliphatic rings. The Labute approximate surface area is 123 Å². The van der Waals surface area contributed by atoms with Crippen molar-refractivity contribution in [1.29, 1.82) is 0 Å². The molecule has 5 nitrogen and oxygen atoms in total. The van der Waals surface area contributed by atoms with Crippen molar-refractivity contribution < 1.29 is 4.74 Å². The summed E-state index contributed by atoms with van der Waals surface area (Å²) in [6.07, 6.45) is 6.18. The van der Waals surface area contributed by atoms with Crippen LogP contribution < -0.4 is 16.0 Å². The molecule has 0 bridgehead atoms. The van der Waals surface area contributed by atoms with E-state index in [4.69, 9.17) is 10.6 Å². The van der Waals surface area contributed by atoms with E-state index in [1.54, 1.807) is 11.3 Å². The minimum absolute atomic E-state index is 0.149. The summed E-state index contributed by atoms with van der Waals surface area (Å²) in [5.74, 6) is 6.41. The summed E-state index contributed by atoms with van der Waals surface area (Å²) in [6.45, 7) is 4.30.